The molecule has 3 rings (SSSR count). The van der Waals surface area contributed by atoms with Gasteiger partial charge in [-0.1, -0.05) is 11.6 Å². The fourth-order valence-electron chi connectivity index (χ4n) is 2.09. The van der Waals surface area contributed by atoms with Crippen LogP contribution >= 0.6 is 11.6 Å². The predicted molar refractivity (Wildman–Crippen MR) is 79.7 cm³/mol. The van der Waals surface area contributed by atoms with Crippen LogP contribution in [0.2, 0.25) is 5.02 Å². The number of benzene rings is 2. The van der Waals surface area contributed by atoms with E-state index in [1.54, 1.807) is 24.3 Å². The Balaban J connectivity index is 1.65. The van der Waals surface area contributed by atoms with E-state index in [0.717, 1.165) is 23.4 Å². The van der Waals surface area contributed by atoms with Gasteiger partial charge in [0, 0.05) is 22.8 Å². The molecule has 1 aliphatic rings. The topological polar surface area (TPSA) is 50.4 Å². The van der Waals surface area contributed by atoms with Crippen molar-refractivity contribution in [3.05, 3.63) is 53.1 Å². The summed E-state index contributed by atoms with van der Waals surface area (Å²) in [5.74, 6) is 0.897. The van der Waals surface area contributed by atoms with Gasteiger partial charge in [0.15, 0.2) is 0 Å². The molecule has 0 spiro atoms. The standard InChI is InChI=1S/C15H13ClN2O2/c16-11-1-3-12(4-2-11)17-15(19)18-13-5-6-14-10(9-13)7-8-20-14/h1-6,9H,7-8H2,(H2,17,18,19). The van der Waals surface area contributed by atoms with Gasteiger partial charge in [0.25, 0.3) is 0 Å². The van der Waals surface area contributed by atoms with Gasteiger partial charge in [-0.25, -0.2) is 4.79 Å². The van der Waals surface area contributed by atoms with Gasteiger partial charge in [0.2, 0.25) is 0 Å². The van der Waals surface area contributed by atoms with E-state index >= 15 is 0 Å². The molecule has 5 heteroatoms. The molecule has 0 aliphatic carbocycles. The second-order valence-electron chi connectivity index (χ2n) is 4.51. The van der Waals surface area contributed by atoms with Crippen molar-refractivity contribution in [2.75, 3.05) is 17.2 Å². The summed E-state index contributed by atoms with van der Waals surface area (Å²) in [6, 6.07) is 12.3. The van der Waals surface area contributed by atoms with E-state index in [1.165, 1.54) is 0 Å². The van der Waals surface area contributed by atoms with Crippen LogP contribution < -0.4 is 15.4 Å². The Hall–Kier alpha value is -2.20. The third-order valence-corrected chi connectivity index (χ3v) is 3.30. The highest BCUT2D eigenvalue weighted by molar-refractivity contribution is 6.30. The molecule has 0 unspecified atom stereocenters. The molecule has 20 heavy (non-hydrogen) atoms. The first kappa shape index (κ1) is 12.8. The van der Waals surface area contributed by atoms with Crippen LogP contribution in [0.3, 0.4) is 0 Å². The number of anilines is 2. The van der Waals surface area contributed by atoms with Crippen molar-refractivity contribution in [1.29, 1.82) is 0 Å². The highest BCUT2D eigenvalue weighted by atomic mass is 35.5. The Morgan fingerprint density at radius 1 is 1.05 bits per heavy atom. The average molecular weight is 289 g/mol. The number of fused-ring (bicyclic) bond motifs is 1. The predicted octanol–water partition coefficient (Wildman–Crippen LogP) is 3.92. The first-order chi connectivity index (χ1) is 9.70. The number of halogens is 1. The molecular weight excluding hydrogens is 276 g/mol. The van der Waals surface area contributed by atoms with Gasteiger partial charge >= 0.3 is 6.03 Å². The van der Waals surface area contributed by atoms with Crippen molar-refractivity contribution in [2.45, 2.75) is 6.42 Å². The molecule has 4 nitrogen and oxygen atoms in total. The van der Waals surface area contributed by atoms with Crippen molar-refractivity contribution < 1.29 is 9.53 Å². The van der Waals surface area contributed by atoms with Crippen LogP contribution in [0.15, 0.2) is 42.5 Å². The van der Waals surface area contributed by atoms with Crippen LogP contribution in [0.4, 0.5) is 16.2 Å². The van der Waals surface area contributed by atoms with Crippen molar-refractivity contribution in [3.8, 4) is 5.75 Å². The summed E-state index contributed by atoms with van der Waals surface area (Å²) < 4.78 is 5.42. The average Bonchev–Trinajstić information content (AvgIpc) is 2.89. The van der Waals surface area contributed by atoms with Gasteiger partial charge in [0.1, 0.15) is 5.75 Å². The fraction of sp³-hybridized carbons (Fsp3) is 0.133. The minimum absolute atomic E-state index is 0.286. The largest absolute Gasteiger partial charge is 0.493 e. The molecule has 2 aromatic carbocycles. The van der Waals surface area contributed by atoms with Crippen LogP contribution in [-0.4, -0.2) is 12.6 Å². The summed E-state index contributed by atoms with van der Waals surface area (Å²) in [6.07, 6.45) is 0.879. The molecule has 2 aromatic rings. The van der Waals surface area contributed by atoms with Gasteiger partial charge in [0.05, 0.1) is 6.61 Å². The molecule has 1 aliphatic heterocycles. The molecule has 0 aromatic heterocycles. The van der Waals surface area contributed by atoms with Gasteiger partial charge in [-0.2, -0.15) is 0 Å². The zero-order chi connectivity index (χ0) is 13.9. The minimum Gasteiger partial charge on any atom is -0.493 e. The van der Waals surface area contributed by atoms with Crippen LogP contribution in [-0.2, 0) is 6.42 Å². The zero-order valence-electron chi connectivity index (χ0n) is 10.7. The summed E-state index contributed by atoms with van der Waals surface area (Å²) in [5, 5.41) is 6.18. The van der Waals surface area contributed by atoms with E-state index in [2.05, 4.69) is 10.6 Å². The van der Waals surface area contributed by atoms with E-state index in [-0.39, 0.29) is 6.03 Å². The van der Waals surface area contributed by atoms with Crippen molar-refractivity contribution in [2.24, 2.45) is 0 Å². The molecule has 102 valence electrons. The van der Waals surface area contributed by atoms with E-state index in [4.69, 9.17) is 16.3 Å². The zero-order valence-corrected chi connectivity index (χ0v) is 11.4. The van der Waals surface area contributed by atoms with Gasteiger partial charge in [-0.3, -0.25) is 0 Å². The second-order valence-corrected chi connectivity index (χ2v) is 4.94. The van der Waals surface area contributed by atoms with Crippen molar-refractivity contribution in [1.82, 2.24) is 0 Å². The highest BCUT2D eigenvalue weighted by Gasteiger charge is 2.12. The Kier molecular flexibility index (Phi) is 3.48. The maximum Gasteiger partial charge on any atom is 0.323 e. The number of amides is 2. The summed E-state index contributed by atoms with van der Waals surface area (Å²) >= 11 is 5.79. The van der Waals surface area contributed by atoms with Crippen LogP contribution in [0.5, 0.6) is 5.75 Å². The molecule has 0 fully saturated rings. The smallest absolute Gasteiger partial charge is 0.323 e. The molecule has 2 amide bonds. The number of carbonyl (C=O) groups is 1. The lowest BCUT2D eigenvalue weighted by molar-refractivity contribution is 0.262. The summed E-state index contributed by atoms with van der Waals surface area (Å²) in [6.45, 7) is 0.704. The molecular formula is C15H13ClN2O2. The maximum atomic E-state index is 11.9. The van der Waals surface area contributed by atoms with Gasteiger partial charge in [-0.05, 0) is 48.0 Å². The molecule has 1 heterocycles. The second kappa shape index (κ2) is 5.43. The summed E-state index contributed by atoms with van der Waals surface area (Å²) in [4.78, 5) is 11.9. The van der Waals surface area contributed by atoms with E-state index in [9.17, 15) is 4.79 Å². The molecule has 0 radical (unpaired) electrons. The monoisotopic (exact) mass is 288 g/mol. The highest BCUT2D eigenvalue weighted by Crippen LogP contribution is 2.27. The lowest BCUT2D eigenvalue weighted by Gasteiger charge is -2.08. The third-order valence-electron chi connectivity index (χ3n) is 3.05. The Bertz CT molecular complexity index is 641. The molecule has 2 N–H and O–H groups in total. The van der Waals surface area contributed by atoms with Crippen LogP contribution in [0, 0.1) is 0 Å². The van der Waals surface area contributed by atoms with E-state index in [0.29, 0.717) is 17.3 Å². The number of urea groups is 1. The number of hydrogen-bond acceptors (Lipinski definition) is 2. The fourth-order valence-corrected chi connectivity index (χ4v) is 2.22. The number of nitrogens with one attached hydrogen (secondary N) is 2. The van der Waals surface area contributed by atoms with E-state index < -0.39 is 0 Å². The SMILES string of the molecule is O=C(Nc1ccc(Cl)cc1)Nc1ccc2c(c1)CCO2. The van der Waals surface area contributed by atoms with Crippen molar-refractivity contribution in [3.63, 3.8) is 0 Å². The molecule has 0 bridgehead atoms. The Morgan fingerprint density at radius 2 is 1.75 bits per heavy atom. The normalized spacial score (nSPS) is 12.4. The van der Waals surface area contributed by atoms with Crippen LogP contribution in [0.25, 0.3) is 0 Å². The Labute approximate surface area is 121 Å². The van der Waals surface area contributed by atoms with Crippen molar-refractivity contribution >= 4 is 29.0 Å². The lowest BCUT2D eigenvalue weighted by atomic mass is 10.1. The van der Waals surface area contributed by atoms with Crippen LogP contribution in [0.1, 0.15) is 5.56 Å². The number of carbonyl (C=O) groups excluding carboxylic acids is 1. The molecule has 0 saturated carbocycles. The first-order valence-electron chi connectivity index (χ1n) is 6.30. The third kappa shape index (κ3) is 2.86. The number of rotatable bonds is 2. The van der Waals surface area contributed by atoms with Gasteiger partial charge in [-0.15, -0.1) is 0 Å². The number of hydrogen-bond donors (Lipinski definition) is 2. The summed E-state index contributed by atoms with van der Waals surface area (Å²) in [7, 11) is 0. The molecule has 0 atom stereocenters. The molecule has 0 saturated heterocycles. The Morgan fingerprint density at radius 3 is 2.55 bits per heavy atom. The first-order valence-corrected chi connectivity index (χ1v) is 6.68. The maximum absolute atomic E-state index is 11.9. The number of ether oxygens (including phenoxy) is 1. The quantitative estimate of drug-likeness (QED) is 0.880. The van der Waals surface area contributed by atoms with E-state index in [1.807, 2.05) is 18.2 Å². The van der Waals surface area contributed by atoms with Gasteiger partial charge < -0.3 is 15.4 Å². The lowest BCUT2D eigenvalue weighted by Crippen LogP contribution is -2.19. The minimum atomic E-state index is -0.286. The summed E-state index contributed by atoms with van der Waals surface area (Å²) in [5.41, 5.74) is 2.56.